The molecule has 0 aromatic carbocycles. The van der Waals surface area contributed by atoms with Gasteiger partial charge >= 0.3 is 0 Å². The summed E-state index contributed by atoms with van der Waals surface area (Å²) < 4.78 is 0. The van der Waals surface area contributed by atoms with Crippen molar-refractivity contribution < 1.29 is 0 Å². The maximum Gasteiger partial charge on any atom is 0.00952 e. The van der Waals surface area contributed by atoms with Gasteiger partial charge in [0.1, 0.15) is 0 Å². The number of rotatable bonds is 14. The summed E-state index contributed by atoms with van der Waals surface area (Å²) in [5.41, 5.74) is 0. The smallest absolute Gasteiger partial charge is 0.00952 e. The molecule has 0 saturated heterocycles. The van der Waals surface area contributed by atoms with Gasteiger partial charge in [-0.3, -0.25) is 0 Å². The van der Waals surface area contributed by atoms with Crippen LogP contribution >= 0.6 is 0 Å². The van der Waals surface area contributed by atoms with Crippen molar-refractivity contribution in [2.24, 2.45) is 5.92 Å². The lowest BCUT2D eigenvalue weighted by atomic mass is 10.0. The molecular formula is C18H37N. The van der Waals surface area contributed by atoms with E-state index in [2.05, 4.69) is 19.2 Å². The largest absolute Gasteiger partial charge is 0.314 e. The van der Waals surface area contributed by atoms with Crippen LogP contribution in [-0.4, -0.2) is 12.6 Å². The summed E-state index contributed by atoms with van der Waals surface area (Å²) in [7, 11) is 0. The average Bonchev–Trinajstić information content (AvgIpc) is 3.24. The van der Waals surface area contributed by atoms with Crippen molar-refractivity contribution in [3.63, 3.8) is 0 Å². The second-order valence-corrected chi connectivity index (χ2v) is 6.47. The van der Waals surface area contributed by atoms with Crippen molar-refractivity contribution in [2.75, 3.05) is 6.54 Å². The minimum absolute atomic E-state index is 0.846. The predicted molar refractivity (Wildman–Crippen MR) is 86.6 cm³/mol. The molecule has 0 aliphatic heterocycles. The maximum absolute atomic E-state index is 3.68. The van der Waals surface area contributed by atoms with Crippen molar-refractivity contribution in [3.05, 3.63) is 0 Å². The highest BCUT2D eigenvalue weighted by atomic mass is 14.9. The number of hydrogen-bond acceptors (Lipinski definition) is 1. The topological polar surface area (TPSA) is 12.0 Å². The molecule has 1 unspecified atom stereocenters. The summed E-state index contributed by atoms with van der Waals surface area (Å²) in [5, 5.41) is 3.68. The first kappa shape index (κ1) is 17.0. The zero-order valence-electron chi connectivity index (χ0n) is 13.6. The third-order valence-electron chi connectivity index (χ3n) is 4.53. The van der Waals surface area contributed by atoms with Crippen molar-refractivity contribution in [1.82, 2.24) is 5.32 Å². The average molecular weight is 268 g/mol. The van der Waals surface area contributed by atoms with E-state index in [0.29, 0.717) is 0 Å². The highest BCUT2D eigenvalue weighted by Gasteiger charge is 2.29. The van der Waals surface area contributed by atoms with Crippen LogP contribution in [0.5, 0.6) is 0 Å². The molecule has 0 radical (unpaired) electrons. The summed E-state index contributed by atoms with van der Waals surface area (Å²) in [6.07, 6.45) is 18.9. The van der Waals surface area contributed by atoms with Gasteiger partial charge in [-0.2, -0.15) is 0 Å². The Balaban J connectivity index is 1.80. The Morgan fingerprint density at radius 2 is 1.32 bits per heavy atom. The Morgan fingerprint density at radius 1 is 0.789 bits per heavy atom. The van der Waals surface area contributed by atoms with Gasteiger partial charge in [-0.15, -0.1) is 0 Å². The second kappa shape index (κ2) is 11.8. The van der Waals surface area contributed by atoms with Crippen LogP contribution in [0.25, 0.3) is 0 Å². The van der Waals surface area contributed by atoms with E-state index in [1.807, 2.05) is 0 Å². The van der Waals surface area contributed by atoms with Crippen LogP contribution in [0.4, 0.5) is 0 Å². The monoisotopic (exact) mass is 267 g/mol. The fourth-order valence-electron chi connectivity index (χ4n) is 3.12. The molecule has 0 spiro atoms. The van der Waals surface area contributed by atoms with Crippen LogP contribution in [-0.2, 0) is 0 Å². The molecule has 114 valence electrons. The summed E-state index contributed by atoms with van der Waals surface area (Å²) in [4.78, 5) is 0. The van der Waals surface area contributed by atoms with Gasteiger partial charge in [-0.05, 0) is 31.7 Å². The molecule has 0 amide bonds. The molecule has 1 fully saturated rings. The zero-order chi connectivity index (χ0) is 13.8. The molecule has 1 aliphatic carbocycles. The fraction of sp³-hybridized carbons (Fsp3) is 1.00. The van der Waals surface area contributed by atoms with Gasteiger partial charge in [0.15, 0.2) is 0 Å². The van der Waals surface area contributed by atoms with Crippen LogP contribution in [0.2, 0.25) is 0 Å². The van der Waals surface area contributed by atoms with Crippen molar-refractivity contribution in [3.8, 4) is 0 Å². The van der Waals surface area contributed by atoms with Gasteiger partial charge in [-0.25, -0.2) is 0 Å². The number of unbranched alkanes of at least 4 members (excludes halogenated alkanes) is 9. The Morgan fingerprint density at radius 3 is 1.79 bits per heavy atom. The molecule has 0 aromatic rings. The van der Waals surface area contributed by atoms with Crippen molar-refractivity contribution >= 4 is 0 Å². The summed E-state index contributed by atoms with van der Waals surface area (Å²) in [5.74, 6) is 1.03. The van der Waals surface area contributed by atoms with E-state index in [1.54, 1.807) is 0 Å². The quantitative estimate of drug-likeness (QED) is 0.399. The molecule has 0 aromatic heterocycles. The van der Waals surface area contributed by atoms with Gasteiger partial charge in [0.2, 0.25) is 0 Å². The predicted octanol–water partition coefficient (Wildman–Crippen LogP) is 5.69. The minimum atomic E-state index is 0.846. The van der Waals surface area contributed by atoms with Gasteiger partial charge in [0, 0.05) is 6.04 Å². The minimum Gasteiger partial charge on any atom is -0.314 e. The lowest BCUT2D eigenvalue weighted by Crippen LogP contribution is -2.30. The lowest BCUT2D eigenvalue weighted by Gasteiger charge is -2.16. The van der Waals surface area contributed by atoms with Gasteiger partial charge < -0.3 is 5.32 Å². The van der Waals surface area contributed by atoms with Crippen LogP contribution < -0.4 is 5.32 Å². The van der Waals surface area contributed by atoms with E-state index in [1.165, 1.54) is 83.5 Å². The molecule has 1 saturated carbocycles. The van der Waals surface area contributed by atoms with Gasteiger partial charge in [0.25, 0.3) is 0 Å². The van der Waals surface area contributed by atoms with E-state index >= 15 is 0 Å². The van der Waals surface area contributed by atoms with Crippen LogP contribution in [0.3, 0.4) is 0 Å². The van der Waals surface area contributed by atoms with Crippen molar-refractivity contribution in [2.45, 2.75) is 103 Å². The second-order valence-electron chi connectivity index (χ2n) is 6.47. The SMILES string of the molecule is CCCCCCCCCCCCC(NCC)C1CC1. The molecule has 1 aliphatic rings. The molecule has 1 rings (SSSR count). The molecule has 1 heteroatoms. The normalized spacial score (nSPS) is 16.7. The molecule has 0 heterocycles. The standard InChI is InChI=1S/C18H37N/c1-3-5-6-7-8-9-10-11-12-13-14-18(19-4-2)17-15-16-17/h17-19H,3-16H2,1-2H3. The first-order chi connectivity index (χ1) is 9.38. The third kappa shape index (κ3) is 9.49. The summed E-state index contributed by atoms with van der Waals surface area (Å²) in [6.45, 7) is 5.69. The van der Waals surface area contributed by atoms with Crippen LogP contribution in [0.1, 0.15) is 97.3 Å². The van der Waals surface area contributed by atoms with E-state index in [-0.39, 0.29) is 0 Å². The molecule has 1 atom stereocenters. The Bertz CT molecular complexity index is 186. The fourth-order valence-corrected chi connectivity index (χ4v) is 3.12. The molecular weight excluding hydrogens is 230 g/mol. The van der Waals surface area contributed by atoms with E-state index in [4.69, 9.17) is 0 Å². The Hall–Kier alpha value is -0.0400. The lowest BCUT2D eigenvalue weighted by molar-refractivity contribution is 0.422. The van der Waals surface area contributed by atoms with E-state index in [9.17, 15) is 0 Å². The zero-order valence-corrected chi connectivity index (χ0v) is 13.6. The summed E-state index contributed by atoms with van der Waals surface area (Å²) in [6, 6.07) is 0.846. The van der Waals surface area contributed by atoms with Crippen LogP contribution in [0, 0.1) is 5.92 Å². The molecule has 0 bridgehead atoms. The maximum atomic E-state index is 3.68. The van der Waals surface area contributed by atoms with E-state index < -0.39 is 0 Å². The molecule has 1 nitrogen and oxygen atoms in total. The number of hydrogen-bond donors (Lipinski definition) is 1. The van der Waals surface area contributed by atoms with Gasteiger partial charge in [-0.1, -0.05) is 78.1 Å². The summed E-state index contributed by atoms with van der Waals surface area (Å²) >= 11 is 0. The first-order valence-corrected chi connectivity index (χ1v) is 9.11. The molecule has 1 N–H and O–H groups in total. The molecule has 19 heavy (non-hydrogen) atoms. The Labute approximate surface area is 121 Å². The number of nitrogens with one attached hydrogen (secondary N) is 1. The highest BCUT2D eigenvalue weighted by molar-refractivity contribution is 4.85. The van der Waals surface area contributed by atoms with E-state index in [0.717, 1.165) is 18.5 Å². The highest BCUT2D eigenvalue weighted by Crippen LogP contribution is 2.34. The third-order valence-corrected chi connectivity index (χ3v) is 4.53. The van der Waals surface area contributed by atoms with Gasteiger partial charge in [0.05, 0.1) is 0 Å². The van der Waals surface area contributed by atoms with Crippen LogP contribution in [0.15, 0.2) is 0 Å². The first-order valence-electron chi connectivity index (χ1n) is 9.11. The Kier molecular flexibility index (Phi) is 10.5. The van der Waals surface area contributed by atoms with Crippen molar-refractivity contribution in [1.29, 1.82) is 0 Å².